The van der Waals surface area contributed by atoms with E-state index in [0.717, 1.165) is 17.9 Å². The Bertz CT molecular complexity index is 818. The number of hydrogen-bond acceptors (Lipinski definition) is 4. The van der Waals surface area contributed by atoms with Crippen molar-refractivity contribution in [2.75, 3.05) is 19.7 Å². The van der Waals surface area contributed by atoms with Gasteiger partial charge in [-0.05, 0) is 55.8 Å². The third-order valence-electron chi connectivity index (χ3n) is 3.75. The molecular weight excluding hydrogens is 519 g/mol. The van der Waals surface area contributed by atoms with E-state index in [1.165, 1.54) is 0 Å². The summed E-state index contributed by atoms with van der Waals surface area (Å²) in [4.78, 5) is 15.4. The second kappa shape index (κ2) is 13.9. The summed E-state index contributed by atoms with van der Waals surface area (Å²) in [5.41, 5.74) is 6.06. The number of rotatable bonds is 10. The zero-order chi connectivity index (χ0) is 21.1. The smallest absolute Gasteiger partial charge is 0.255 e. The minimum atomic E-state index is -0.512. The fourth-order valence-corrected chi connectivity index (χ4v) is 2.55. The molecular formula is C21H28ClIN4O3. The molecule has 0 fully saturated rings. The van der Waals surface area contributed by atoms with Gasteiger partial charge in [0.25, 0.3) is 5.91 Å². The zero-order valence-electron chi connectivity index (χ0n) is 17.1. The van der Waals surface area contributed by atoms with Gasteiger partial charge in [-0.1, -0.05) is 23.7 Å². The van der Waals surface area contributed by atoms with Gasteiger partial charge in [-0.15, -0.1) is 24.0 Å². The molecule has 0 aliphatic carbocycles. The first-order chi connectivity index (χ1) is 14.0. The van der Waals surface area contributed by atoms with Crippen molar-refractivity contribution in [1.29, 1.82) is 0 Å². The molecule has 0 aromatic heterocycles. The minimum absolute atomic E-state index is 0. The molecule has 4 N–H and O–H groups in total. The fourth-order valence-electron chi connectivity index (χ4n) is 2.43. The zero-order valence-corrected chi connectivity index (χ0v) is 20.1. The lowest BCUT2D eigenvalue weighted by molar-refractivity contribution is -0.119. The van der Waals surface area contributed by atoms with Crippen LogP contribution in [0.5, 0.6) is 11.5 Å². The van der Waals surface area contributed by atoms with E-state index >= 15 is 0 Å². The first-order valence-corrected chi connectivity index (χ1v) is 9.78. The molecule has 0 radical (unpaired) electrons. The number of carbonyl (C=O) groups is 1. The van der Waals surface area contributed by atoms with Crippen LogP contribution in [-0.4, -0.2) is 37.7 Å². The van der Waals surface area contributed by atoms with Gasteiger partial charge in [-0.3, -0.25) is 4.79 Å². The maximum atomic E-state index is 10.8. The number of hydrogen-bond donors (Lipinski definition) is 3. The molecule has 164 valence electrons. The fraction of sp³-hybridized carbons (Fsp3) is 0.333. The Morgan fingerprint density at radius 2 is 1.90 bits per heavy atom. The Morgan fingerprint density at radius 1 is 1.17 bits per heavy atom. The SMILES string of the molecule is CCNC(=NCc1cccc(OCC(N)=O)c1)NCC(C)Oc1ccc(Cl)cc1.I. The lowest BCUT2D eigenvalue weighted by atomic mass is 10.2. The van der Waals surface area contributed by atoms with Gasteiger partial charge in [0.2, 0.25) is 0 Å². The largest absolute Gasteiger partial charge is 0.489 e. The molecule has 9 heteroatoms. The first-order valence-electron chi connectivity index (χ1n) is 9.40. The topological polar surface area (TPSA) is 98.0 Å². The van der Waals surface area contributed by atoms with E-state index in [2.05, 4.69) is 15.6 Å². The van der Waals surface area contributed by atoms with Crippen LogP contribution in [0.15, 0.2) is 53.5 Å². The molecule has 0 aliphatic rings. The van der Waals surface area contributed by atoms with Crippen LogP contribution in [0.2, 0.25) is 5.02 Å². The van der Waals surface area contributed by atoms with Crippen molar-refractivity contribution in [3.8, 4) is 11.5 Å². The highest BCUT2D eigenvalue weighted by molar-refractivity contribution is 14.0. The summed E-state index contributed by atoms with van der Waals surface area (Å²) in [6.07, 6.45) is -0.0643. The molecule has 2 aromatic rings. The Labute approximate surface area is 199 Å². The van der Waals surface area contributed by atoms with Crippen molar-refractivity contribution < 1.29 is 14.3 Å². The molecule has 2 aromatic carbocycles. The molecule has 0 bridgehead atoms. The van der Waals surface area contributed by atoms with Crippen molar-refractivity contribution in [1.82, 2.24) is 10.6 Å². The summed E-state index contributed by atoms with van der Waals surface area (Å²) in [5, 5.41) is 7.15. The molecule has 0 aliphatic heterocycles. The van der Waals surface area contributed by atoms with Crippen LogP contribution in [0.4, 0.5) is 0 Å². The summed E-state index contributed by atoms with van der Waals surface area (Å²) in [6.45, 7) is 5.60. The predicted molar refractivity (Wildman–Crippen MR) is 131 cm³/mol. The van der Waals surface area contributed by atoms with Gasteiger partial charge in [0.1, 0.15) is 17.6 Å². The molecule has 1 atom stereocenters. The third-order valence-corrected chi connectivity index (χ3v) is 4.00. The molecule has 1 amide bonds. The van der Waals surface area contributed by atoms with E-state index in [1.807, 2.05) is 44.2 Å². The van der Waals surface area contributed by atoms with Gasteiger partial charge < -0.3 is 25.8 Å². The molecule has 2 rings (SSSR count). The summed E-state index contributed by atoms with van der Waals surface area (Å²) < 4.78 is 11.2. The summed E-state index contributed by atoms with van der Waals surface area (Å²) >= 11 is 5.89. The molecule has 0 saturated heterocycles. The van der Waals surface area contributed by atoms with Gasteiger partial charge in [-0.25, -0.2) is 4.99 Å². The quantitative estimate of drug-likeness (QED) is 0.241. The molecule has 30 heavy (non-hydrogen) atoms. The lowest BCUT2D eigenvalue weighted by Gasteiger charge is -2.17. The van der Waals surface area contributed by atoms with Crippen LogP contribution in [0.3, 0.4) is 0 Å². The van der Waals surface area contributed by atoms with Crippen molar-refractivity contribution in [3.63, 3.8) is 0 Å². The Balaban J connectivity index is 0.00000450. The normalized spacial score (nSPS) is 11.8. The molecule has 0 saturated carbocycles. The lowest BCUT2D eigenvalue weighted by Crippen LogP contribution is -2.41. The van der Waals surface area contributed by atoms with Gasteiger partial charge >= 0.3 is 0 Å². The monoisotopic (exact) mass is 546 g/mol. The Hall–Kier alpha value is -2.20. The third kappa shape index (κ3) is 10.0. The summed E-state index contributed by atoms with van der Waals surface area (Å²) in [5.74, 6) is 1.52. The molecule has 0 heterocycles. The van der Waals surface area contributed by atoms with Crippen molar-refractivity contribution in [2.24, 2.45) is 10.7 Å². The summed E-state index contributed by atoms with van der Waals surface area (Å²) in [7, 11) is 0. The number of carbonyl (C=O) groups excluding carboxylic acids is 1. The van der Waals surface area contributed by atoms with Crippen LogP contribution in [0.25, 0.3) is 0 Å². The predicted octanol–water partition coefficient (Wildman–Crippen LogP) is 3.34. The Morgan fingerprint density at radius 3 is 2.57 bits per heavy atom. The maximum absolute atomic E-state index is 10.8. The first kappa shape index (κ1) is 25.8. The van der Waals surface area contributed by atoms with Gasteiger partial charge in [0.15, 0.2) is 12.6 Å². The molecule has 7 nitrogen and oxygen atoms in total. The van der Waals surface area contributed by atoms with Crippen LogP contribution < -0.4 is 25.8 Å². The van der Waals surface area contributed by atoms with Gasteiger partial charge in [0.05, 0.1) is 13.1 Å². The van der Waals surface area contributed by atoms with Gasteiger partial charge in [-0.2, -0.15) is 0 Å². The highest BCUT2D eigenvalue weighted by atomic mass is 127. The van der Waals surface area contributed by atoms with E-state index in [0.29, 0.717) is 29.8 Å². The number of aliphatic imine (C=N–C) groups is 1. The van der Waals surface area contributed by atoms with Crippen molar-refractivity contribution in [3.05, 3.63) is 59.1 Å². The van der Waals surface area contributed by atoms with Gasteiger partial charge in [0, 0.05) is 11.6 Å². The van der Waals surface area contributed by atoms with E-state index in [4.69, 9.17) is 26.8 Å². The number of amides is 1. The highest BCUT2D eigenvalue weighted by Gasteiger charge is 2.06. The van der Waals surface area contributed by atoms with Crippen LogP contribution in [0.1, 0.15) is 19.4 Å². The average molecular weight is 547 g/mol. The Kier molecular flexibility index (Phi) is 12.0. The summed E-state index contributed by atoms with van der Waals surface area (Å²) in [6, 6.07) is 14.7. The van der Waals surface area contributed by atoms with E-state index < -0.39 is 5.91 Å². The number of benzene rings is 2. The van der Waals surface area contributed by atoms with E-state index in [-0.39, 0.29) is 36.7 Å². The number of guanidine groups is 1. The minimum Gasteiger partial charge on any atom is -0.489 e. The van der Waals surface area contributed by atoms with Crippen LogP contribution in [0, 0.1) is 0 Å². The maximum Gasteiger partial charge on any atom is 0.255 e. The average Bonchev–Trinajstić information content (AvgIpc) is 2.70. The van der Waals surface area contributed by atoms with Crippen LogP contribution >= 0.6 is 35.6 Å². The number of primary amides is 1. The van der Waals surface area contributed by atoms with E-state index in [9.17, 15) is 4.79 Å². The number of halogens is 2. The second-order valence-corrected chi connectivity index (χ2v) is 6.80. The van der Waals surface area contributed by atoms with Crippen molar-refractivity contribution >= 4 is 47.4 Å². The second-order valence-electron chi connectivity index (χ2n) is 6.36. The number of ether oxygens (including phenoxy) is 2. The van der Waals surface area contributed by atoms with Crippen molar-refractivity contribution in [2.45, 2.75) is 26.5 Å². The molecule has 0 spiro atoms. The standard InChI is InChI=1S/C21H27ClN4O3.HI/c1-3-24-21(25-12-15(2)29-18-9-7-17(22)8-10-18)26-13-16-5-4-6-19(11-16)28-14-20(23)27;/h4-11,15H,3,12-14H2,1-2H3,(H2,23,27)(H2,24,25,26);1H. The number of nitrogens with one attached hydrogen (secondary N) is 2. The van der Waals surface area contributed by atoms with E-state index in [1.54, 1.807) is 18.2 Å². The molecule has 1 unspecified atom stereocenters. The highest BCUT2D eigenvalue weighted by Crippen LogP contribution is 2.16. The van der Waals surface area contributed by atoms with Crippen LogP contribution in [-0.2, 0) is 11.3 Å². The number of nitrogens with zero attached hydrogens (tertiary/aromatic N) is 1. The number of nitrogens with two attached hydrogens (primary N) is 1.